The molecule has 8 atom stereocenters. The molecule has 0 radical (unpaired) electrons. The van der Waals surface area contributed by atoms with Crippen molar-refractivity contribution in [1.82, 2.24) is 0 Å². The van der Waals surface area contributed by atoms with Crippen molar-refractivity contribution in [3.63, 3.8) is 0 Å². The smallest absolute Gasteiger partial charge is 0.323 e. The molecule has 18 nitrogen and oxygen atoms in total. The highest BCUT2D eigenvalue weighted by Gasteiger charge is 2.56. The van der Waals surface area contributed by atoms with Gasteiger partial charge in [-0.1, -0.05) is 0 Å². The molecular weight excluding hydrogens is 574 g/mol. The van der Waals surface area contributed by atoms with Gasteiger partial charge in [-0.3, -0.25) is 38.9 Å². The number of hydrogen-bond acceptors (Lipinski definition) is 17. The summed E-state index contributed by atoms with van der Waals surface area (Å²) in [6.07, 6.45) is -12.2. The maximum atomic E-state index is 12.1. The van der Waals surface area contributed by atoms with Crippen LogP contribution in [0.4, 0.5) is 0 Å². The molecule has 0 spiro atoms. The van der Waals surface area contributed by atoms with E-state index in [0.717, 1.165) is 41.5 Å². The number of ether oxygens (including phenoxy) is 9. The van der Waals surface area contributed by atoms with E-state index < -0.39 is 109 Å². The van der Waals surface area contributed by atoms with E-state index in [4.69, 9.17) is 42.6 Å². The minimum Gasteiger partial charge on any atom is -0.485 e. The molecular formula is C24H31NO17. The van der Waals surface area contributed by atoms with Gasteiger partial charge < -0.3 is 42.6 Å². The maximum Gasteiger partial charge on any atom is 0.323 e. The molecule has 2 aliphatic rings. The molecule has 234 valence electrons. The quantitative estimate of drug-likeness (QED) is 0.125. The summed E-state index contributed by atoms with van der Waals surface area (Å²) in [6.45, 7) is 5.04. The number of esters is 6. The molecule has 0 bridgehead atoms. The van der Waals surface area contributed by atoms with Crippen LogP contribution in [0.1, 0.15) is 41.5 Å². The van der Waals surface area contributed by atoms with Crippen LogP contribution < -0.4 is 0 Å². The summed E-state index contributed by atoms with van der Waals surface area (Å²) in [7, 11) is 0. The van der Waals surface area contributed by atoms with Crippen molar-refractivity contribution in [2.24, 2.45) is 0 Å². The van der Waals surface area contributed by atoms with Crippen molar-refractivity contribution in [3.8, 4) is 0 Å². The van der Waals surface area contributed by atoms with Gasteiger partial charge in [-0.15, -0.1) is 0 Å². The topological polar surface area (TPSA) is 229 Å². The first-order chi connectivity index (χ1) is 19.6. The van der Waals surface area contributed by atoms with Gasteiger partial charge in [0.25, 0.3) is 0 Å². The van der Waals surface area contributed by atoms with E-state index in [0.29, 0.717) is 6.26 Å². The lowest BCUT2D eigenvalue weighted by atomic mass is 9.97. The molecule has 0 amide bonds. The van der Waals surface area contributed by atoms with E-state index in [1.165, 1.54) is 0 Å². The molecule has 2 rings (SSSR count). The second-order valence-electron chi connectivity index (χ2n) is 8.98. The van der Waals surface area contributed by atoms with Crippen LogP contribution >= 0.6 is 0 Å². The van der Waals surface area contributed by atoms with Gasteiger partial charge in [0, 0.05) is 41.5 Å². The number of hydrogen-bond donors (Lipinski definition) is 0. The van der Waals surface area contributed by atoms with E-state index in [1.807, 2.05) is 0 Å². The molecule has 0 aliphatic carbocycles. The number of carbonyl (C=O) groups is 6. The van der Waals surface area contributed by atoms with Crippen LogP contribution in [0.2, 0.25) is 0 Å². The number of rotatable bonds is 11. The summed E-state index contributed by atoms with van der Waals surface area (Å²) >= 11 is 0. The van der Waals surface area contributed by atoms with Gasteiger partial charge in [-0.2, -0.15) is 0 Å². The van der Waals surface area contributed by atoms with Gasteiger partial charge >= 0.3 is 41.5 Å². The monoisotopic (exact) mass is 605 g/mol. The molecule has 2 heterocycles. The van der Waals surface area contributed by atoms with E-state index in [2.05, 4.69) is 0 Å². The number of nitro groups is 1. The minimum absolute atomic E-state index is 0.551. The van der Waals surface area contributed by atoms with Crippen LogP contribution in [0.5, 0.6) is 0 Å². The van der Waals surface area contributed by atoms with Crippen LogP contribution in [0.15, 0.2) is 12.0 Å². The standard InChI is InChI=1S/C24H31NO17/c1-10(26)34-8-17-20(19(37-12(3)28)16(7-36-17)25(32)33)42-24-23(40-15(6)31)22(39-14(5)30)21(38-13(4)29)18(41-24)9-35-11(2)27/h7,17-24H,8-9H2,1-6H3/t17-,18-,19-,20-,21+,22+,23-,24+/m1/s1. The lowest BCUT2D eigenvalue weighted by molar-refractivity contribution is -0.447. The molecule has 42 heavy (non-hydrogen) atoms. The Balaban J connectivity index is 2.63. The number of nitrogens with zero attached hydrogens (tertiary/aromatic N) is 1. The Morgan fingerprint density at radius 3 is 1.64 bits per heavy atom. The van der Waals surface area contributed by atoms with E-state index >= 15 is 0 Å². The van der Waals surface area contributed by atoms with Crippen LogP contribution in [0, 0.1) is 10.1 Å². The Labute approximate surface area is 238 Å². The number of carbonyl (C=O) groups excluding carboxylic acids is 6. The lowest BCUT2D eigenvalue weighted by Crippen LogP contribution is -2.64. The van der Waals surface area contributed by atoms with Crippen molar-refractivity contribution in [2.75, 3.05) is 13.2 Å². The Kier molecular flexibility index (Phi) is 12.2. The SMILES string of the molecule is CC(=O)OC[C@H]1O[C@@H](O[C@H]2[C@H](OC(C)=O)C([N+](=O)[O-])=CO[C@@H]2COC(C)=O)[C@H](OC(C)=O)[C@@H](OC(C)=O)[C@H]1OC(C)=O. The molecule has 0 aromatic rings. The molecule has 1 saturated heterocycles. The van der Waals surface area contributed by atoms with Crippen molar-refractivity contribution in [2.45, 2.75) is 90.6 Å². The van der Waals surface area contributed by atoms with E-state index in [1.54, 1.807) is 0 Å². The van der Waals surface area contributed by atoms with Gasteiger partial charge in [0.2, 0.25) is 6.10 Å². The summed E-state index contributed by atoms with van der Waals surface area (Å²) in [4.78, 5) is 81.9. The van der Waals surface area contributed by atoms with E-state index in [-0.39, 0.29) is 0 Å². The maximum absolute atomic E-state index is 12.1. The van der Waals surface area contributed by atoms with Crippen LogP contribution in [-0.4, -0.2) is 103 Å². The zero-order chi connectivity index (χ0) is 31.7. The van der Waals surface area contributed by atoms with Gasteiger partial charge in [-0.05, 0) is 0 Å². The molecule has 18 heteroatoms. The fourth-order valence-corrected chi connectivity index (χ4v) is 4.06. The van der Waals surface area contributed by atoms with Crippen molar-refractivity contribution >= 4 is 35.8 Å². The summed E-state index contributed by atoms with van der Waals surface area (Å²) < 4.78 is 48.3. The summed E-state index contributed by atoms with van der Waals surface area (Å²) in [6, 6.07) is 0. The van der Waals surface area contributed by atoms with Gasteiger partial charge in [0.1, 0.15) is 25.4 Å². The third-order valence-electron chi connectivity index (χ3n) is 5.51. The van der Waals surface area contributed by atoms with Crippen molar-refractivity contribution in [3.05, 3.63) is 22.1 Å². The lowest BCUT2D eigenvalue weighted by Gasteiger charge is -2.45. The third-order valence-corrected chi connectivity index (χ3v) is 5.51. The Morgan fingerprint density at radius 2 is 1.17 bits per heavy atom. The van der Waals surface area contributed by atoms with Gasteiger partial charge in [0.15, 0.2) is 37.0 Å². The first-order valence-corrected chi connectivity index (χ1v) is 12.4. The highest BCUT2D eigenvalue weighted by molar-refractivity contribution is 5.69. The molecule has 0 saturated carbocycles. The summed E-state index contributed by atoms with van der Waals surface area (Å²) in [5.74, 6) is -5.19. The van der Waals surface area contributed by atoms with E-state index in [9.17, 15) is 38.9 Å². The Morgan fingerprint density at radius 1 is 0.690 bits per heavy atom. The van der Waals surface area contributed by atoms with Gasteiger partial charge in [-0.25, -0.2) is 0 Å². The zero-order valence-corrected chi connectivity index (χ0v) is 23.5. The third kappa shape index (κ3) is 9.65. The average molecular weight is 606 g/mol. The summed E-state index contributed by atoms with van der Waals surface area (Å²) in [5, 5.41) is 11.8. The minimum atomic E-state index is -1.82. The van der Waals surface area contributed by atoms with Crippen LogP contribution in [-0.2, 0) is 71.4 Å². The molecule has 0 N–H and O–H groups in total. The predicted octanol–water partition coefficient (Wildman–Crippen LogP) is -0.534. The largest absolute Gasteiger partial charge is 0.485 e. The first kappa shape index (κ1) is 33.9. The molecule has 0 unspecified atom stereocenters. The normalized spacial score (nSPS) is 28.6. The molecule has 0 aromatic carbocycles. The predicted molar refractivity (Wildman–Crippen MR) is 129 cm³/mol. The highest BCUT2D eigenvalue weighted by atomic mass is 16.8. The highest BCUT2D eigenvalue weighted by Crippen LogP contribution is 2.34. The Bertz CT molecular complexity index is 1100. The van der Waals surface area contributed by atoms with Gasteiger partial charge in [0.05, 0.1) is 4.92 Å². The summed E-state index contributed by atoms with van der Waals surface area (Å²) in [5.41, 5.74) is -0.764. The molecule has 0 aromatic heterocycles. The Hall–Kier alpha value is -4.32. The van der Waals surface area contributed by atoms with Crippen molar-refractivity contribution < 1.29 is 76.3 Å². The second-order valence-corrected chi connectivity index (χ2v) is 8.98. The zero-order valence-electron chi connectivity index (χ0n) is 23.5. The average Bonchev–Trinajstić information content (AvgIpc) is 2.84. The first-order valence-electron chi connectivity index (χ1n) is 12.4. The molecule has 1 fully saturated rings. The van der Waals surface area contributed by atoms with Crippen LogP contribution in [0.3, 0.4) is 0 Å². The second kappa shape index (κ2) is 15.1. The fraction of sp³-hybridized carbons (Fsp3) is 0.667. The molecule has 2 aliphatic heterocycles. The van der Waals surface area contributed by atoms with Crippen LogP contribution in [0.25, 0.3) is 0 Å². The fourth-order valence-electron chi connectivity index (χ4n) is 4.06. The van der Waals surface area contributed by atoms with Crippen molar-refractivity contribution in [1.29, 1.82) is 0 Å².